The molecule has 0 aromatic heterocycles. The molecule has 0 aromatic rings. The van der Waals surface area contributed by atoms with Gasteiger partial charge in [0.1, 0.15) is 0 Å². The van der Waals surface area contributed by atoms with E-state index in [1.807, 2.05) is 19.1 Å². The van der Waals surface area contributed by atoms with Gasteiger partial charge in [-0.3, -0.25) is 4.90 Å². The third-order valence-electron chi connectivity index (χ3n) is 3.88. The standard InChI is InChI=1S/C12H18N2O4/c1-2-3-4-9-10-6-5-8(14(10)12(17)18)7-13(9)11(15)16/h2-3,8-10H,4-7H2,1H3,(H,15,16)(H,17,18)/b3-2-/t8-,9-,10+/m1/s1. The zero-order valence-electron chi connectivity index (χ0n) is 10.3. The second kappa shape index (κ2) is 4.88. The van der Waals surface area contributed by atoms with Crippen LogP contribution >= 0.6 is 0 Å². The van der Waals surface area contributed by atoms with Gasteiger partial charge in [-0.15, -0.1) is 0 Å². The number of fused-ring (bicyclic) bond motifs is 2. The summed E-state index contributed by atoms with van der Waals surface area (Å²) in [4.78, 5) is 25.4. The van der Waals surface area contributed by atoms with Gasteiger partial charge in [-0.25, -0.2) is 9.59 Å². The van der Waals surface area contributed by atoms with Crippen LogP contribution in [0.1, 0.15) is 26.2 Å². The van der Waals surface area contributed by atoms with E-state index in [-0.39, 0.29) is 18.1 Å². The maximum atomic E-state index is 11.3. The molecule has 2 saturated heterocycles. The van der Waals surface area contributed by atoms with Gasteiger partial charge < -0.3 is 15.1 Å². The number of likely N-dealkylation sites (tertiary alicyclic amines) is 1. The van der Waals surface area contributed by atoms with Crippen molar-refractivity contribution >= 4 is 12.2 Å². The molecule has 2 heterocycles. The molecule has 6 nitrogen and oxygen atoms in total. The Kier molecular flexibility index (Phi) is 3.45. The Bertz CT molecular complexity index is 382. The summed E-state index contributed by atoms with van der Waals surface area (Å²) in [5.41, 5.74) is 0. The van der Waals surface area contributed by atoms with Crippen LogP contribution < -0.4 is 0 Å². The highest BCUT2D eigenvalue weighted by atomic mass is 16.4. The Morgan fingerprint density at radius 2 is 2.00 bits per heavy atom. The lowest BCUT2D eigenvalue weighted by Gasteiger charge is -2.44. The minimum Gasteiger partial charge on any atom is -0.465 e. The van der Waals surface area contributed by atoms with Crippen LogP contribution in [0.5, 0.6) is 0 Å². The van der Waals surface area contributed by atoms with Crippen LogP contribution in [0.3, 0.4) is 0 Å². The monoisotopic (exact) mass is 254 g/mol. The zero-order valence-corrected chi connectivity index (χ0v) is 10.3. The van der Waals surface area contributed by atoms with E-state index in [0.717, 1.165) is 12.8 Å². The average Bonchev–Trinajstić information content (AvgIpc) is 2.64. The molecule has 2 N–H and O–H groups in total. The smallest absolute Gasteiger partial charge is 0.407 e. The molecule has 0 spiro atoms. The largest absolute Gasteiger partial charge is 0.465 e. The van der Waals surface area contributed by atoms with Crippen LogP contribution in [-0.2, 0) is 0 Å². The summed E-state index contributed by atoms with van der Waals surface area (Å²) in [5.74, 6) is 0. The Balaban J connectivity index is 2.24. The van der Waals surface area contributed by atoms with E-state index >= 15 is 0 Å². The van der Waals surface area contributed by atoms with Gasteiger partial charge in [0.25, 0.3) is 0 Å². The molecule has 6 heteroatoms. The number of piperazine rings is 1. The van der Waals surface area contributed by atoms with E-state index in [2.05, 4.69) is 0 Å². The van der Waals surface area contributed by atoms with E-state index in [9.17, 15) is 19.8 Å². The van der Waals surface area contributed by atoms with E-state index in [0.29, 0.717) is 13.0 Å². The molecule has 2 aliphatic rings. The van der Waals surface area contributed by atoms with Crippen molar-refractivity contribution in [2.24, 2.45) is 0 Å². The normalized spacial score (nSPS) is 31.1. The summed E-state index contributed by atoms with van der Waals surface area (Å²) in [5, 5.41) is 18.5. The molecule has 2 bridgehead atoms. The van der Waals surface area contributed by atoms with Crippen molar-refractivity contribution in [3.63, 3.8) is 0 Å². The molecule has 3 atom stereocenters. The maximum absolute atomic E-state index is 11.3. The van der Waals surface area contributed by atoms with Gasteiger partial charge >= 0.3 is 12.2 Å². The van der Waals surface area contributed by atoms with Crippen LogP contribution in [0.25, 0.3) is 0 Å². The number of carbonyl (C=O) groups is 2. The minimum atomic E-state index is -0.952. The van der Waals surface area contributed by atoms with Crippen molar-refractivity contribution in [2.45, 2.75) is 44.3 Å². The highest BCUT2D eigenvalue weighted by Crippen LogP contribution is 2.35. The summed E-state index contributed by atoms with van der Waals surface area (Å²) in [6.45, 7) is 2.17. The highest BCUT2D eigenvalue weighted by molar-refractivity contribution is 5.70. The second-order valence-corrected chi connectivity index (χ2v) is 4.80. The molecule has 18 heavy (non-hydrogen) atoms. The Morgan fingerprint density at radius 1 is 1.28 bits per heavy atom. The first kappa shape index (κ1) is 12.7. The molecule has 0 saturated carbocycles. The molecule has 0 aromatic carbocycles. The van der Waals surface area contributed by atoms with Gasteiger partial charge in [-0.05, 0) is 26.2 Å². The van der Waals surface area contributed by atoms with Crippen molar-refractivity contribution in [1.29, 1.82) is 0 Å². The van der Waals surface area contributed by atoms with Crippen LogP contribution in [0.15, 0.2) is 12.2 Å². The lowest BCUT2D eigenvalue weighted by atomic mass is 10.00. The predicted molar refractivity (Wildman–Crippen MR) is 64.6 cm³/mol. The third-order valence-corrected chi connectivity index (χ3v) is 3.88. The summed E-state index contributed by atoms with van der Waals surface area (Å²) in [6.07, 6.45) is 3.97. The summed E-state index contributed by atoms with van der Waals surface area (Å²) >= 11 is 0. The van der Waals surface area contributed by atoms with Crippen LogP contribution in [0.2, 0.25) is 0 Å². The third kappa shape index (κ3) is 2.02. The molecule has 0 radical (unpaired) electrons. The van der Waals surface area contributed by atoms with Gasteiger partial charge in [-0.1, -0.05) is 12.2 Å². The molecule has 0 unspecified atom stereocenters. The quantitative estimate of drug-likeness (QED) is 0.736. The SMILES string of the molecule is C/C=C\C[C@@H]1[C@@H]2CC[C@H](CN1C(=O)O)N2C(=O)O. The van der Waals surface area contributed by atoms with Crippen LogP contribution in [0, 0.1) is 0 Å². The summed E-state index contributed by atoms with van der Waals surface area (Å²) < 4.78 is 0. The predicted octanol–water partition coefficient (Wildman–Crippen LogP) is 1.83. The number of amides is 2. The fourth-order valence-electron chi connectivity index (χ4n) is 3.12. The molecule has 2 fully saturated rings. The number of carboxylic acid groups (broad SMARTS) is 2. The van der Waals surface area contributed by atoms with Gasteiger partial charge in [0.05, 0.1) is 18.1 Å². The van der Waals surface area contributed by atoms with Crippen LogP contribution in [0.4, 0.5) is 9.59 Å². The van der Waals surface area contributed by atoms with Crippen LogP contribution in [-0.4, -0.2) is 56.9 Å². The number of allylic oxidation sites excluding steroid dienone is 1. The van der Waals surface area contributed by atoms with Gasteiger partial charge in [0.15, 0.2) is 0 Å². The first-order valence-electron chi connectivity index (χ1n) is 6.18. The highest BCUT2D eigenvalue weighted by Gasteiger charge is 2.49. The van der Waals surface area contributed by atoms with Crippen molar-refractivity contribution in [3.05, 3.63) is 12.2 Å². The van der Waals surface area contributed by atoms with E-state index in [1.165, 1.54) is 9.80 Å². The molecular weight excluding hydrogens is 236 g/mol. The zero-order chi connectivity index (χ0) is 13.3. The lowest BCUT2D eigenvalue weighted by Crippen LogP contribution is -2.61. The van der Waals surface area contributed by atoms with E-state index < -0.39 is 12.2 Å². The summed E-state index contributed by atoms with van der Waals surface area (Å²) in [7, 11) is 0. The maximum Gasteiger partial charge on any atom is 0.407 e. The van der Waals surface area contributed by atoms with Gasteiger partial charge in [0, 0.05) is 6.54 Å². The van der Waals surface area contributed by atoms with Crippen molar-refractivity contribution in [2.75, 3.05) is 6.54 Å². The molecule has 2 aliphatic heterocycles. The molecule has 100 valence electrons. The molecule has 0 aliphatic carbocycles. The molecule has 2 rings (SSSR count). The number of hydrogen-bond donors (Lipinski definition) is 2. The number of rotatable bonds is 2. The minimum absolute atomic E-state index is 0.176. The first-order valence-corrected chi connectivity index (χ1v) is 6.18. The van der Waals surface area contributed by atoms with Crippen molar-refractivity contribution < 1.29 is 19.8 Å². The van der Waals surface area contributed by atoms with Gasteiger partial charge in [0.2, 0.25) is 0 Å². The first-order chi connectivity index (χ1) is 8.56. The fraction of sp³-hybridized carbons (Fsp3) is 0.667. The fourth-order valence-corrected chi connectivity index (χ4v) is 3.12. The van der Waals surface area contributed by atoms with Crippen molar-refractivity contribution in [3.8, 4) is 0 Å². The molecule has 2 amide bonds. The number of hydrogen-bond acceptors (Lipinski definition) is 2. The lowest BCUT2D eigenvalue weighted by molar-refractivity contribution is 0.0257. The topological polar surface area (TPSA) is 81.1 Å². The summed E-state index contributed by atoms with van der Waals surface area (Å²) in [6, 6.07) is -0.632. The Hall–Kier alpha value is -1.72. The second-order valence-electron chi connectivity index (χ2n) is 4.80. The Labute approximate surface area is 105 Å². The molecular formula is C12H18N2O4. The Morgan fingerprint density at radius 3 is 2.56 bits per heavy atom. The van der Waals surface area contributed by atoms with E-state index in [1.54, 1.807) is 0 Å². The number of nitrogens with zero attached hydrogens (tertiary/aromatic N) is 2. The van der Waals surface area contributed by atoms with Gasteiger partial charge in [-0.2, -0.15) is 0 Å². The van der Waals surface area contributed by atoms with Crippen molar-refractivity contribution in [1.82, 2.24) is 9.80 Å². The average molecular weight is 254 g/mol. The van der Waals surface area contributed by atoms with E-state index in [4.69, 9.17) is 0 Å².